The Kier molecular flexibility index (Phi) is 6.02. The Morgan fingerprint density at radius 3 is 2.24 bits per heavy atom. The lowest BCUT2D eigenvalue weighted by atomic mass is 10.1. The number of amides is 1. The third-order valence-electron chi connectivity index (χ3n) is 2.63. The van der Waals surface area contributed by atoms with E-state index >= 15 is 0 Å². The fourth-order valence-corrected chi connectivity index (χ4v) is 1.69. The molecule has 0 fully saturated rings. The average molecular weight is 304 g/mol. The number of halogens is 3. The predicted octanol–water partition coefficient (Wildman–Crippen LogP) is 2.76. The van der Waals surface area contributed by atoms with Crippen molar-refractivity contribution in [2.24, 2.45) is 0 Å². The molecular formula is C14H19F3N2O2. The SMILES string of the molecule is CC(C)NC(=O)CNC(C)c1ccc(OC(F)(F)F)cc1. The van der Waals surface area contributed by atoms with Crippen LogP contribution in [0.4, 0.5) is 13.2 Å². The van der Waals surface area contributed by atoms with E-state index in [2.05, 4.69) is 15.4 Å². The summed E-state index contributed by atoms with van der Waals surface area (Å²) < 4.78 is 39.9. The Labute approximate surface area is 121 Å². The molecule has 1 aromatic carbocycles. The Morgan fingerprint density at radius 1 is 1.19 bits per heavy atom. The maximum absolute atomic E-state index is 12.0. The summed E-state index contributed by atoms with van der Waals surface area (Å²) in [6.45, 7) is 5.68. The fourth-order valence-electron chi connectivity index (χ4n) is 1.69. The van der Waals surface area contributed by atoms with E-state index in [0.29, 0.717) is 0 Å². The van der Waals surface area contributed by atoms with E-state index in [1.54, 1.807) is 0 Å². The van der Waals surface area contributed by atoms with E-state index < -0.39 is 6.36 Å². The van der Waals surface area contributed by atoms with Gasteiger partial charge >= 0.3 is 6.36 Å². The highest BCUT2D eigenvalue weighted by Gasteiger charge is 2.31. The van der Waals surface area contributed by atoms with Gasteiger partial charge in [0.15, 0.2) is 0 Å². The molecular weight excluding hydrogens is 285 g/mol. The van der Waals surface area contributed by atoms with Crippen molar-refractivity contribution in [2.45, 2.75) is 39.2 Å². The second-order valence-electron chi connectivity index (χ2n) is 4.94. The molecule has 2 N–H and O–H groups in total. The van der Waals surface area contributed by atoms with E-state index in [0.717, 1.165) is 5.56 Å². The van der Waals surface area contributed by atoms with Crippen LogP contribution in [0.1, 0.15) is 32.4 Å². The van der Waals surface area contributed by atoms with Crippen LogP contribution in [0.5, 0.6) is 5.75 Å². The van der Waals surface area contributed by atoms with Crippen LogP contribution in [0.3, 0.4) is 0 Å². The Balaban J connectivity index is 2.51. The van der Waals surface area contributed by atoms with Gasteiger partial charge in [-0.1, -0.05) is 12.1 Å². The van der Waals surface area contributed by atoms with Gasteiger partial charge in [-0.05, 0) is 38.5 Å². The molecule has 0 radical (unpaired) electrons. The third-order valence-corrected chi connectivity index (χ3v) is 2.63. The van der Waals surface area contributed by atoms with Crippen LogP contribution in [0.25, 0.3) is 0 Å². The maximum atomic E-state index is 12.0. The number of ether oxygens (including phenoxy) is 1. The van der Waals surface area contributed by atoms with Crippen LogP contribution >= 0.6 is 0 Å². The first-order valence-corrected chi connectivity index (χ1v) is 6.56. The largest absolute Gasteiger partial charge is 0.573 e. The van der Waals surface area contributed by atoms with Gasteiger partial charge in [0.2, 0.25) is 5.91 Å². The molecule has 1 rings (SSSR count). The van der Waals surface area contributed by atoms with E-state index in [1.807, 2.05) is 20.8 Å². The standard InChI is InChI=1S/C14H19F3N2O2/c1-9(2)19-13(20)8-18-10(3)11-4-6-12(7-5-11)21-14(15,16)17/h4-7,9-10,18H,8H2,1-3H3,(H,19,20). The van der Waals surface area contributed by atoms with Crippen molar-refractivity contribution in [3.05, 3.63) is 29.8 Å². The minimum atomic E-state index is -4.69. The summed E-state index contributed by atoms with van der Waals surface area (Å²) in [6, 6.07) is 5.44. The van der Waals surface area contributed by atoms with Gasteiger partial charge in [-0.2, -0.15) is 0 Å². The Morgan fingerprint density at radius 2 is 1.76 bits per heavy atom. The fraction of sp³-hybridized carbons (Fsp3) is 0.500. The van der Waals surface area contributed by atoms with Gasteiger partial charge in [0.05, 0.1) is 6.54 Å². The zero-order valence-electron chi connectivity index (χ0n) is 12.1. The summed E-state index contributed by atoms with van der Waals surface area (Å²) in [4.78, 5) is 11.5. The zero-order chi connectivity index (χ0) is 16.0. The molecule has 21 heavy (non-hydrogen) atoms. The molecule has 0 heterocycles. The molecule has 0 aliphatic carbocycles. The molecule has 1 aromatic rings. The van der Waals surface area contributed by atoms with Crippen LogP contribution in [-0.2, 0) is 4.79 Å². The molecule has 1 atom stereocenters. The van der Waals surface area contributed by atoms with Gasteiger partial charge < -0.3 is 15.4 Å². The predicted molar refractivity (Wildman–Crippen MR) is 72.8 cm³/mol. The van der Waals surface area contributed by atoms with Crippen LogP contribution in [0.15, 0.2) is 24.3 Å². The molecule has 0 bridgehead atoms. The quantitative estimate of drug-likeness (QED) is 0.849. The minimum absolute atomic E-state index is 0.0633. The van der Waals surface area contributed by atoms with Gasteiger partial charge in [-0.25, -0.2) is 0 Å². The molecule has 0 spiro atoms. The lowest BCUT2D eigenvalue weighted by molar-refractivity contribution is -0.274. The Bertz CT molecular complexity index is 458. The smallest absolute Gasteiger partial charge is 0.406 e. The van der Waals surface area contributed by atoms with Crippen molar-refractivity contribution in [3.8, 4) is 5.75 Å². The average Bonchev–Trinajstić information content (AvgIpc) is 2.34. The topological polar surface area (TPSA) is 50.4 Å². The van der Waals surface area contributed by atoms with E-state index in [4.69, 9.17) is 0 Å². The van der Waals surface area contributed by atoms with Gasteiger partial charge in [0.25, 0.3) is 0 Å². The van der Waals surface area contributed by atoms with Crippen LogP contribution < -0.4 is 15.4 Å². The number of hydrogen-bond acceptors (Lipinski definition) is 3. The molecule has 0 aliphatic heterocycles. The third kappa shape index (κ3) is 6.99. The van der Waals surface area contributed by atoms with E-state index in [9.17, 15) is 18.0 Å². The number of alkyl halides is 3. The summed E-state index contributed by atoms with van der Waals surface area (Å²) in [5.41, 5.74) is 0.766. The number of rotatable bonds is 6. The highest BCUT2D eigenvalue weighted by atomic mass is 19.4. The number of benzene rings is 1. The summed E-state index contributed by atoms with van der Waals surface area (Å²) in [7, 11) is 0. The van der Waals surface area contributed by atoms with Crippen molar-refractivity contribution < 1.29 is 22.7 Å². The first-order valence-electron chi connectivity index (χ1n) is 6.56. The molecule has 0 aromatic heterocycles. The molecule has 4 nitrogen and oxygen atoms in total. The molecule has 1 amide bonds. The molecule has 0 aliphatic rings. The lowest BCUT2D eigenvalue weighted by Crippen LogP contribution is -2.38. The minimum Gasteiger partial charge on any atom is -0.406 e. The maximum Gasteiger partial charge on any atom is 0.573 e. The number of carbonyl (C=O) groups excluding carboxylic acids is 1. The number of carbonyl (C=O) groups is 1. The number of nitrogens with one attached hydrogen (secondary N) is 2. The van der Waals surface area contributed by atoms with Crippen molar-refractivity contribution in [2.75, 3.05) is 6.54 Å². The highest BCUT2D eigenvalue weighted by molar-refractivity contribution is 5.78. The molecule has 0 saturated heterocycles. The first-order chi connectivity index (χ1) is 9.67. The lowest BCUT2D eigenvalue weighted by Gasteiger charge is -2.16. The summed E-state index contributed by atoms with van der Waals surface area (Å²) >= 11 is 0. The van der Waals surface area contributed by atoms with E-state index in [1.165, 1.54) is 24.3 Å². The second-order valence-corrected chi connectivity index (χ2v) is 4.94. The Hall–Kier alpha value is -1.76. The summed E-state index contributed by atoms with van der Waals surface area (Å²) in [6.07, 6.45) is -4.69. The van der Waals surface area contributed by atoms with Crippen molar-refractivity contribution in [1.29, 1.82) is 0 Å². The van der Waals surface area contributed by atoms with Crippen LogP contribution in [0.2, 0.25) is 0 Å². The molecule has 118 valence electrons. The van der Waals surface area contributed by atoms with Gasteiger partial charge in [0.1, 0.15) is 5.75 Å². The normalized spacial score (nSPS) is 13.1. The van der Waals surface area contributed by atoms with Gasteiger partial charge in [-0.3, -0.25) is 4.79 Å². The van der Waals surface area contributed by atoms with Crippen LogP contribution in [0, 0.1) is 0 Å². The molecule has 1 unspecified atom stereocenters. The summed E-state index contributed by atoms with van der Waals surface area (Å²) in [5.74, 6) is -0.398. The van der Waals surface area contributed by atoms with Crippen molar-refractivity contribution >= 4 is 5.91 Å². The van der Waals surface area contributed by atoms with E-state index in [-0.39, 0.29) is 30.3 Å². The second kappa shape index (κ2) is 7.31. The van der Waals surface area contributed by atoms with Crippen molar-refractivity contribution in [1.82, 2.24) is 10.6 Å². The first kappa shape index (κ1) is 17.3. The zero-order valence-corrected chi connectivity index (χ0v) is 12.1. The highest BCUT2D eigenvalue weighted by Crippen LogP contribution is 2.24. The molecule has 7 heteroatoms. The summed E-state index contributed by atoms with van der Waals surface area (Å²) in [5, 5.41) is 5.73. The van der Waals surface area contributed by atoms with Gasteiger partial charge in [-0.15, -0.1) is 13.2 Å². The monoisotopic (exact) mass is 304 g/mol. The van der Waals surface area contributed by atoms with Crippen LogP contribution in [-0.4, -0.2) is 24.9 Å². The molecule has 0 saturated carbocycles. The number of hydrogen-bond donors (Lipinski definition) is 2. The van der Waals surface area contributed by atoms with Gasteiger partial charge in [0, 0.05) is 12.1 Å². The van der Waals surface area contributed by atoms with Crippen molar-refractivity contribution in [3.63, 3.8) is 0 Å².